The van der Waals surface area contributed by atoms with Gasteiger partial charge in [0.15, 0.2) is 0 Å². The van der Waals surface area contributed by atoms with Crippen LogP contribution in [-0.4, -0.2) is 29.3 Å². The molecule has 4 nitrogen and oxygen atoms in total. The molecule has 0 radical (unpaired) electrons. The Kier molecular flexibility index (Phi) is 6.98. The Labute approximate surface area is 111 Å². The Hall–Kier alpha value is -0.870. The summed E-state index contributed by atoms with van der Waals surface area (Å²) in [5.41, 5.74) is 1.24. The van der Waals surface area contributed by atoms with Crippen LogP contribution in [-0.2, 0) is 17.8 Å². The zero-order chi connectivity index (χ0) is 13.4. The van der Waals surface area contributed by atoms with Crippen LogP contribution in [0.15, 0.2) is 6.20 Å². The van der Waals surface area contributed by atoms with Crippen molar-refractivity contribution >= 4 is 0 Å². The summed E-state index contributed by atoms with van der Waals surface area (Å²) in [6.45, 7) is 13.0. The highest BCUT2D eigenvalue weighted by atomic mass is 16.5. The normalized spacial score (nSPS) is 11.4. The first-order valence-corrected chi connectivity index (χ1v) is 6.94. The first-order valence-electron chi connectivity index (χ1n) is 6.94. The maximum atomic E-state index is 5.66. The predicted octanol–water partition coefficient (Wildman–Crippen LogP) is 2.36. The monoisotopic (exact) mass is 253 g/mol. The Bertz CT molecular complexity index is 334. The Balaban J connectivity index is 2.34. The van der Waals surface area contributed by atoms with Crippen molar-refractivity contribution < 1.29 is 4.74 Å². The lowest BCUT2D eigenvalue weighted by Gasteiger charge is -2.11. The third kappa shape index (κ3) is 5.19. The first kappa shape index (κ1) is 15.2. The minimum atomic E-state index is 0.712. The number of aromatic nitrogens is 2. The van der Waals surface area contributed by atoms with Gasteiger partial charge in [0.05, 0.1) is 12.3 Å². The van der Waals surface area contributed by atoms with Crippen molar-refractivity contribution in [2.24, 2.45) is 5.92 Å². The molecular weight excluding hydrogens is 226 g/mol. The number of ether oxygens (including phenoxy) is 1. The molecule has 1 aromatic heterocycles. The molecule has 0 atom stereocenters. The van der Waals surface area contributed by atoms with Gasteiger partial charge in [0.25, 0.3) is 0 Å². The van der Waals surface area contributed by atoms with Gasteiger partial charge in [0.1, 0.15) is 5.82 Å². The number of nitrogens with one attached hydrogen (secondary N) is 1. The SMILES string of the molecule is CCNCc1cnc(C)n1CCOCCC(C)C. The van der Waals surface area contributed by atoms with Gasteiger partial charge in [0.2, 0.25) is 0 Å². The molecule has 1 heterocycles. The second-order valence-corrected chi connectivity index (χ2v) is 5.02. The lowest BCUT2D eigenvalue weighted by Crippen LogP contribution is -2.18. The molecule has 0 unspecified atom stereocenters. The summed E-state index contributed by atoms with van der Waals surface area (Å²) in [5.74, 6) is 1.78. The molecule has 1 aromatic rings. The fourth-order valence-electron chi connectivity index (χ4n) is 1.79. The molecular formula is C14H27N3O. The molecule has 0 fully saturated rings. The van der Waals surface area contributed by atoms with E-state index in [-0.39, 0.29) is 0 Å². The number of hydrogen-bond acceptors (Lipinski definition) is 3. The highest BCUT2D eigenvalue weighted by molar-refractivity contribution is 5.04. The van der Waals surface area contributed by atoms with Crippen LogP contribution < -0.4 is 5.32 Å². The van der Waals surface area contributed by atoms with Crippen LogP contribution in [0.1, 0.15) is 38.7 Å². The van der Waals surface area contributed by atoms with Crippen LogP contribution in [0.3, 0.4) is 0 Å². The van der Waals surface area contributed by atoms with Crippen LogP contribution in [0.5, 0.6) is 0 Å². The number of rotatable bonds is 9. The summed E-state index contributed by atoms with van der Waals surface area (Å²) in [4.78, 5) is 4.36. The molecule has 18 heavy (non-hydrogen) atoms. The minimum Gasteiger partial charge on any atom is -0.380 e. The maximum Gasteiger partial charge on any atom is 0.105 e. The topological polar surface area (TPSA) is 39.1 Å². The van der Waals surface area contributed by atoms with E-state index >= 15 is 0 Å². The van der Waals surface area contributed by atoms with Gasteiger partial charge in [-0.1, -0.05) is 20.8 Å². The molecule has 0 saturated carbocycles. The molecule has 0 aliphatic carbocycles. The summed E-state index contributed by atoms with van der Waals surface area (Å²) < 4.78 is 7.90. The third-order valence-corrected chi connectivity index (χ3v) is 2.99. The summed E-state index contributed by atoms with van der Waals surface area (Å²) in [7, 11) is 0. The van der Waals surface area contributed by atoms with Crippen molar-refractivity contribution in [1.82, 2.24) is 14.9 Å². The average Bonchev–Trinajstić information content (AvgIpc) is 2.67. The van der Waals surface area contributed by atoms with Crippen LogP contribution in [0.25, 0.3) is 0 Å². The maximum absolute atomic E-state index is 5.66. The van der Waals surface area contributed by atoms with E-state index in [1.165, 1.54) is 5.69 Å². The van der Waals surface area contributed by atoms with Crippen LogP contribution in [0.2, 0.25) is 0 Å². The largest absolute Gasteiger partial charge is 0.380 e. The zero-order valence-corrected chi connectivity index (χ0v) is 12.2. The molecule has 0 bridgehead atoms. The van der Waals surface area contributed by atoms with Crippen LogP contribution >= 0.6 is 0 Å². The molecule has 0 aromatic carbocycles. The van der Waals surface area contributed by atoms with Gasteiger partial charge in [-0.05, 0) is 25.8 Å². The molecule has 0 saturated heterocycles. The number of aryl methyl sites for hydroxylation is 1. The van der Waals surface area contributed by atoms with E-state index in [0.717, 1.165) is 45.1 Å². The van der Waals surface area contributed by atoms with Crippen molar-refractivity contribution in [1.29, 1.82) is 0 Å². The van der Waals surface area contributed by atoms with Gasteiger partial charge >= 0.3 is 0 Å². The van der Waals surface area contributed by atoms with Crippen LogP contribution in [0.4, 0.5) is 0 Å². The van der Waals surface area contributed by atoms with Crippen molar-refractivity contribution in [3.05, 3.63) is 17.7 Å². The van der Waals surface area contributed by atoms with Gasteiger partial charge in [-0.3, -0.25) is 0 Å². The lowest BCUT2D eigenvalue weighted by atomic mass is 10.1. The summed E-state index contributed by atoms with van der Waals surface area (Å²) in [6, 6.07) is 0. The fraction of sp³-hybridized carbons (Fsp3) is 0.786. The van der Waals surface area contributed by atoms with Gasteiger partial charge in [-0.25, -0.2) is 4.98 Å². The van der Waals surface area contributed by atoms with Crippen molar-refractivity contribution in [3.63, 3.8) is 0 Å². The molecule has 104 valence electrons. The minimum absolute atomic E-state index is 0.712. The van der Waals surface area contributed by atoms with Crippen molar-refractivity contribution in [3.8, 4) is 0 Å². The van der Waals surface area contributed by atoms with E-state index in [1.54, 1.807) is 0 Å². The number of hydrogen-bond donors (Lipinski definition) is 1. The molecule has 0 spiro atoms. The van der Waals surface area contributed by atoms with Gasteiger partial charge in [-0.2, -0.15) is 0 Å². The molecule has 1 N–H and O–H groups in total. The lowest BCUT2D eigenvalue weighted by molar-refractivity contribution is 0.115. The summed E-state index contributed by atoms with van der Waals surface area (Å²) >= 11 is 0. The quantitative estimate of drug-likeness (QED) is 0.687. The fourth-order valence-corrected chi connectivity index (χ4v) is 1.79. The number of nitrogens with zero attached hydrogens (tertiary/aromatic N) is 2. The Morgan fingerprint density at radius 2 is 2.17 bits per heavy atom. The van der Waals surface area contributed by atoms with E-state index in [1.807, 2.05) is 13.1 Å². The van der Waals surface area contributed by atoms with Gasteiger partial charge in [0, 0.05) is 25.9 Å². The van der Waals surface area contributed by atoms with Gasteiger partial charge < -0.3 is 14.6 Å². The van der Waals surface area contributed by atoms with E-state index < -0.39 is 0 Å². The summed E-state index contributed by atoms with van der Waals surface area (Å²) in [5, 5.41) is 3.33. The van der Waals surface area contributed by atoms with E-state index in [2.05, 4.69) is 35.6 Å². The Morgan fingerprint density at radius 1 is 1.39 bits per heavy atom. The predicted molar refractivity (Wildman–Crippen MR) is 74.6 cm³/mol. The highest BCUT2D eigenvalue weighted by Gasteiger charge is 2.05. The molecule has 0 aliphatic rings. The standard InChI is InChI=1S/C14H27N3O/c1-5-15-10-14-11-16-13(4)17(14)7-9-18-8-6-12(2)3/h11-12,15H,5-10H2,1-4H3. The van der Waals surface area contributed by atoms with E-state index in [4.69, 9.17) is 4.74 Å². The zero-order valence-electron chi connectivity index (χ0n) is 12.2. The smallest absolute Gasteiger partial charge is 0.105 e. The molecule has 0 amide bonds. The second-order valence-electron chi connectivity index (χ2n) is 5.02. The van der Waals surface area contributed by atoms with E-state index in [9.17, 15) is 0 Å². The number of imidazole rings is 1. The van der Waals surface area contributed by atoms with Crippen molar-refractivity contribution in [2.75, 3.05) is 19.8 Å². The second kappa shape index (κ2) is 8.27. The highest BCUT2D eigenvalue weighted by Crippen LogP contribution is 2.05. The average molecular weight is 253 g/mol. The molecule has 4 heteroatoms. The van der Waals surface area contributed by atoms with E-state index in [0.29, 0.717) is 5.92 Å². The van der Waals surface area contributed by atoms with Crippen LogP contribution in [0, 0.1) is 12.8 Å². The van der Waals surface area contributed by atoms with Crippen molar-refractivity contribution in [2.45, 2.75) is 47.2 Å². The molecule has 1 rings (SSSR count). The first-order chi connectivity index (χ1) is 8.65. The van der Waals surface area contributed by atoms with Gasteiger partial charge in [-0.15, -0.1) is 0 Å². The third-order valence-electron chi connectivity index (χ3n) is 2.99. The summed E-state index contributed by atoms with van der Waals surface area (Å²) in [6.07, 6.45) is 3.08. The molecule has 0 aliphatic heterocycles. The Morgan fingerprint density at radius 3 is 2.83 bits per heavy atom.